The molecule has 1 fully saturated rings. The first-order valence-electron chi connectivity index (χ1n) is 7.72. The van der Waals surface area contributed by atoms with Crippen LogP contribution in [0.2, 0.25) is 5.02 Å². The highest BCUT2D eigenvalue weighted by Crippen LogP contribution is 2.27. The first-order chi connectivity index (χ1) is 10.8. The minimum Gasteiger partial charge on any atom is -0.444 e. The second-order valence-corrected chi connectivity index (χ2v) is 7.12. The molecule has 1 amide bonds. The Balaban J connectivity index is 1.93. The van der Waals surface area contributed by atoms with Crippen LogP contribution in [0.4, 0.5) is 10.5 Å². The lowest BCUT2D eigenvalue weighted by atomic mass is 10.0. The average molecular weight is 336 g/mol. The number of hydrogen-bond acceptors (Lipinski definition) is 4. The van der Waals surface area contributed by atoms with Crippen LogP contribution >= 0.6 is 11.6 Å². The molecule has 2 rings (SSSR count). The molecule has 1 saturated heterocycles. The van der Waals surface area contributed by atoms with Crippen molar-refractivity contribution in [3.05, 3.63) is 28.8 Å². The Bertz CT molecular complexity index is 611. The van der Waals surface area contributed by atoms with Gasteiger partial charge in [-0.15, -0.1) is 0 Å². The molecular weight excluding hydrogens is 314 g/mol. The predicted octanol–water partition coefficient (Wildman–Crippen LogP) is 3.71. The molecule has 23 heavy (non-hydrogen) atoms. The van der Waals surface area contributed by atoms with Gasteiger partial charge in [0.15, 0.2) is 0 Å². The number of hydrogen-bond donors (Lipinski definition) is 1. The van der Waals surface area contributed by atoms with E-state index in [9.17, 15) is 10.1 Å². The molecule has 0 aromatic heterocycles. The number of rotatable bonds is 2. The Morgan fingerprint density at radius 2 is 2.04 bits per heavy atom. The van der Waals surface area contributed by atoms with Crippen LogP contribution in [0, 0.1) is 11.3 Å². The molecule has 0 bridgehead atoms. The number of benzene rings is 1. The van der Waals surface area contributed by atoms with Gasteiger partial charge in [0.2, 0.25) is 0 Å². The molecule has 0 unspecified atom stereocenters. The van der Waals surface area contributed by atoms with Gasteiger partial charge in [0.05, 0.1) is 11.3 Å². The third-order valence-electron chi connectivity index (χ3n) is 3.64. The third kappa shape index (κ3) is 5.04. The van der Waals surface area contributed by atoms with Gasteiger partial charge >= 0.3 is 6.09 Å². The Hall–Kier alpha value is -1.93. The number of nitriles is 1. The monoisotopic (exact) mass is 335 g/mol. The van der Waals surface area contributed by atoms with Crippen molar-refractivity contribution in [3.63, 3.8) is 0 Å². The van der Waals surface area contributed by atoms with E-state index in [4.69, 9.17) is 16.3 Å². The van der Waals surface area contributed by atoms with Crippen LogP contribution in [0.3, 0.4) is 0 Å². The molecule has 5 nitrogen and oxygen atoms in total. The number of anilines is 1. The number of halogens is 1. The molecule has 0 radical (unpaired) electrons. The smallest absolute Gasteiger partial charge is 0.407 e. The Kier molecular flexibility index (Phi) is 5.38. The fourth-order valence-corrected chi connectivity index (χ4v) is 2.77. The normalized spacial score (nSPS) is 15.9. The maximum atomic E-state index is 11.8. The van der Waals surface area contributed by atoms with E-state index in [0.717, 1.165) is 31.6 Å². The Morgan fingerprint density at radius 1 is 1.39 bits per heavy atom. The molecule has 1 aromatic carbocycles. The molecule has 124 valence electrons. The summed E-state index contributed by atoms with van der Waals surface area (Å²) in [6, 6.07) is 7.57. The first kappa shape index (κ1) is 17.4. The zero-order valence-corrected chi connectivity index (χ0v) is 14.5. The molecule has 0 atom stereocenters. The summed E-state index contributed by atoms with van der Waals surface area (Å²) in [5.74, 6) is 0. The topological polar surface area (TPSA) is 65.4 Å². The van der Waals surface area contributed by atoms with Gasteiger partial charge in [-0.05, 0) is 51.8 Å². The number of alkyl carbamates (subject to hydrolysis) is 1. The molecule has 0 spiro atoms. The number of amides is 1. The van der Waals surface area contributed by atoms with Gasteiger partial charge in [-0.25, -0.2) is 4.79 Å². The number of nitrogens with zero attached hydrogens (tertiary/aromatic N) is 2. The molecular formula is C17H22ClN3O2. The van der Waals surface area contributed by atoms with Gasteiger partial charge < -0.3 is 15.0 Å². The molecule has 1 aliphatic rings. The standard InChI is InChI=1S/C17H22ClN3O2/c1-17(2,3)23-16(22)20-14-6-8-21(9-7-14)15-10-13(18)5-4-12(15)11-19/h4-5,10,14H,6-9H2,1-3H3,(H,20,22). The van der Waals surface area contributed by atoms with E-state index in [1.807, 2.05) is 26.8 Å². The second-order valence-electron chi connectivity index (χ2n) is 6.68. The van der Waals surface area contributed by atoms with Crippen LogP contribution in [-0.4, -0.2) is 30.8 Å². The molecule has 6 heteroatoms. The van der Waals surface area contributed by atoms with Gasteiger partial charge in [-0.2, -0.15) is 5.26 Å². The SMILES string of the molecule is CC(C)(C)OC(=O)NC1CCN(c2cc(Cl)ccc2C#N)CC1. The molecule has 0 saturated carbocycles. The van der Waals surface area contributed by atoms with Crippen LogP contribution in [0.25, 0.3) is 0 Å². The van der Waals surface area contributed by atoms with E-state index < -0.39 is 5.60 Å². The summed E-state index contributed by atoms with van der Waals surface area (Å²) in [4.78, 5) is 14.0. The van der Waals surface area contributed by atoms with Crippen molar-refractivity contribution < 1.29 is 9.53 Å². The minimum absolute atomic E-state index is 0.0887. The van der Waals surface area contributed by atoms with E-state index >= 15 is 0 Å². The summed E-state index contributed by atoms with van der Waals surface area (Å²) in [6.45, 7) is 7.05. The largest absolute Gasteiger partial charge is 0.444 e. The van der Waals surface area contributed by atoms with Crippen LogP contribution in [0.15, 0.2) is 18.2 Å². The quantitative estimate of drug-likeness (QED) is 0.894. The van der Waals surface area contributed by atoms with Crippen molar-refractivity contribution in [2.75, 3.05) is 18.0 Å². The summed E-state index contributed by atoms with van der Waals surface area (Å²) in [6.07, 6.45) is 1.23. The van der Waals surface area contributed by atoms with E-state index in [-0.39, 0.29) is 12.1 Å². The summed E-state index contributed by atoms with van der Waals surface area (Å²) in [5, 5.41) is 12.8. The first-order valence-corrected chi connectivity index (χ1v) is 8.10. The van der Waals surface area contributed by atoms with Crippen LogP contribution in [-0.2, 0) is 4.74 Å². The maximum Gasteiger partial charge on any atom is 0.407 e. The summed E-state index contributed by atoms with van der Waals surface area (Å²) >= 11 is 6.04. The average Bonchev–Trinajstić information content (AvgIpc) is 2.46. The highest BCUT2D eigenvalue weighted by molar-refractivity contribution is 6.30. The van der Waals surface area contributed by atoms with Crippen LogP contribution in [0.1, 0.15) is 39.2 Å². The molecule has 1 aliphatic heterocycles. The number of piperidine rings is 1. The van der Waals surface area contributed by atoms with E-state index in [1.165, 1.54) is 0 Å². The zero-order valence-electron chi connectivity index (χ0n) is 13.7. The van der Waals surface area contributed by atoms with Gasteiger partial charge in [0.25, 0.3) is 0 Å². The fraction of sp³-hybridized carbons (Fsp3) is 0.529. The Morgan fingerprint density at radius 3 is 2.61 bits per heavy atom. The van der Waals surface area contributed by atoms with Gasteiger partial charge in [-0.1, -0.05) is 11.6 Å². The van der Waals surface area contributed by atoms with Gasteiger partial charge in [-0.3, -0.25) is 0 Å². The fourth-order valence-electron chi connectivity index (χ4n) is 2.60. The molecule has 1 aromatic rings. The Labute approximate surface area is 142 Å². The van der Waals surface area contributed by atoms with Crippen molar-refractivity contribution in [1.82, 2.24) is 5.32 Å². The number of carbonyl (C=O) groups is 1. The van der Waals surface area contributed by atoms with E-state index in [0.29, 0.717) is 10.6 Å². The van der Waals surface area contributed by atoms with E-state index in [1.54, 1.807) is 12.1 Å². The lowest BCUT2D eigenvalue weighted by Gasteiger charge is -2.34. The number of ether oxygens (including phenoxy) is 1. The highest BCUT2D eigenvalue weighted by atomic mass is 35.5. The number of carbonyl (C=O) groups excluding carboxylic acids is 1. The van der Waals surface area contributed by atoms with Crippen molar-refractivity contribution in [2.45, 2.75) is 45.3 Å². The van der Waals surface area contributed by atoms with Gasteiger partial charge in [0, 0.05) is 24.2 Å². The zero-order chi connectivity index (χ0) is 17.0. The molecule has 1 N–H and O–H groups in total. The predicted molar refractivity (Wildman–Crippen MR) is 90.8 cm³/mol. The van der Waals surface area contributed by atoms with Crippen LogP contribution in [0.5, 0.6) is 0 Å². The molecule has 0 aliphatic carbocycles. The van der Waals surface area contributed by atoms with Crippen LogP contribution < -0.4 is 10.2 Å². The van der Waals surface area contributed by atoms with E-state index in [2.05, 4.69) is 16.3 Å². The summed E-state index contributed by atoms with van der Waals surface area (Å²) in [5.41, 5.74) is 0.983. The van der Waals surface area contributed by atoms with Crippen molar-refractivity contribution >= 4 is 23.4 Å². The lowest BCUT2D eigenvalue weighted by molar-refractivity contribution is 0.0497. The molecule has 1 heterocycles. The second kappa shape index (κ2) is 7.10. The van der Waals surface area contributed by atoms with Crippen molar-refractivity contribution in [1.29, 1.82) is 5.26 Å². The maximum absolute atomic E-state index is 11.8. The van der Waals surface area contributed by atoms with Gasteiger partial charge in [0.1, 0.15) is 11.7 Å². The summed E-state index contributed by atoms with van der Waals surface area (Å²) in [7, 11) is 0. The van der Waals surface area contributed by atoms with Crippen molar-refractivity contribution in [2.24, 2.45) is 0 Å². The lowest BCUT2D eigenvalue weighted by Crippen LogP contribution is -2.46. The van der Waals surface area contributed by atoms with Crippen molar-refractivity contribution in [3.8, 4) is 6.07 Å². The number of nitrogens with one attached hydrogen (secondary N) is 1. The summed E-state index contributed by atoms with van der Waals surface area (Å²) < 4.78 is 5.28. The minimum atomic E-state index is -0.493. The highest BCUT2D eigenvalue weighted by Gasteiger charge is 2.24. The third-order valence-corrected chi connectivity index (χ3v) is 3.87.